The summed E-state index contributed by atoms with van der Waals surface area (Å²) >= 11 is 0. The molecule has 3 aromatic carbocycles. The third kappa shape index (κ3) is 4.02. The van der Waals surface area contributed by atoms with E-state index in [9.17, 15) is 39.5 Å². The average Bonchev–Trinajstić information content (AvgIpc) is 2.70. The zero-order valence-electron chi connectivity index (χ0n) is 14.3. The van der Waals surface area contributed by atoms with Crippen LogP contribution in [0.25, 0.3) is 0 Å². The number of halogens is 9. The molecule has 2 nitrogen and oxygen atoms in total. The molecule has 0 aliphatic rings. The molecule has 0 fully saturated rings. The molecule has 0 atom stereocenters. The summed E-state index contributed by atoms with van der Waals surface area (Å²) in [6.07, 6.45) is 0. The van der Waals surface area contributed by atoms with Crippen LogP contribution in [0.15, 0.2) is 36.4 Å². The van der Waals surface area contributed by atoms with Crippen LogP contribution in [-0.4, -0.2) is 7.12 Å². The first kappa shape index (κ1) is 21.4. The van der Waals surface area contributed by atoms with E-state index in [0.29, 0.717) is 30.3 Å². The monoisotopic (exact) mass is 436 g/mol. The molecule has 0 unspecified atom stereocenters. The first-order valence-corrected chi connectivity index (χ1v) is 7.85. The van der Waals surface area contributed by atoms with Crippen LogP contribution in [0, 0.1) is 52.4 Å². The quantitative estimate of drug-likeness (QED) is 0.248. The molecule has 30 heavy (non-hydrogen) atoms. The van der Waals surface area contributed by atoms with Crippen LogP contribution in [0.5, 0.6) is 11.5 Å². The van der Waals surface area contributed by atoms with E-state index in [0.717, 1.165) is 0 Å². The Morgan fingerprint density at radius 1 is 0.500 bits per heavy atom. The lowest BCUT2D eigenvalue weighted by atomic mass is 9.77. The van der Waals surface area contributed by atoms with Crippen molar-refractivity contribution in [2.24, 2.45) is 0 Å². The van der Waals surface area contributed by atoms with Crippen LogP contribution >= 0.6 is 0 Å². The Kier molecular flexibility index (Phi) is 5.86. The normalized spacial score (nSPS) is 10.8. The van der Waals surface area contributed by atoms with Crippen LogP contribution in [0.3, 0.4) is 0 Å². The van der Waals surface area contributed by atoms with Gasteiger partial charge in [-0.1, -0.05) is 0 Å². The minimum atomic E-state index is -2.44. The summed E-state index contributed by atoms with van der Waals surface area (Å²) in [5.74, 6) is -18.2. The molecule has 0 spiro atoms. The zero-order valence-corrected chi connectivity index (χ0v) is 14.3. The molecule has 0 heterocycles. The number of hydrogen-bond donors (Lipinski definition) is 0. The Bertz CT molecular complexity index is 1060. The Hall–Kier alpha value is -3.31. The van der Waals surface area contributed by atoms with Gasteiger partial charge in [0.1, 0.15) is 17.3 Å². The number of hydrogen-bond acceptors (Lipinski definition) is 2. The van der Waals surface area contributed by atoms with Crippen molar-refractivity contribution in [2.45, 2.75) is 0 Å². The summed E-state index contributed by atoms with van der Waals surface area (Å²) < 4.78 is 132. The molecule has 12 heteroatoms. The van der Waals surface area contributed by atoms with Crippen LogP contribution in [0.1, 0.15) is 0 Å². The van der Waals surface area contributed by atoms with Gasteiger partial charge in [-0.15, -0.1) is 0 Å². The van der Waals surface area contributed by atoms with Gasteiger partial charge in [-0.3, -0.25) is 0 Å². The number of rotatable bonds is 5. The fourth-order valence-corrected chi connectivity index (χ4v) is 2.33. The number of benzene rings is 3. The molecular weight excluding hydrogens is 430 g/mol. The zero-order chi connectivity index (χ0) is 22.2. The van der Waals surface area contributed by atoms with Crippen molar-refractivity contribution in [3.05, 3.63) is 88.8 Å². The second kappa shape index (κ2) is 8.21. The van der Waals surface area contributed by atoms with Gasteiger partial charge >= 0.3 is 7.12 Å². The fraction of sp³-hybridized carbons (Fsp3) is 0. The van der Waals surface area contributed by atoms with Crippen molar-refractivity contribution in [1.82, 2.24) is 0 Å². The highest BCUT2D eigenvalue weighted by Crippen LogP contribution is 2.26. The first-order chi connectivity index (χ1) is 14.1. The van der Waals surface area contributed by atoms with Gasteiger partial charge in [0.2, 0.25) is 11.6 Å². The van der Waals surface area contributed by atoms with Crippen molar-refractivity contribution in [3.8, 4) is 11.5 Å². The summed E-state index contributed by atoms with van der Waals surface area (Å²) in [4.78, 5) is 0. The standard InChI is InChI=1S/C18H6BF9O2/c20-7-5-8(14(24)11(23)6-7)19(29-12-3-1-9(21)15(25)17(12)27)30-13-4-2-10(22)16(26)18(13)28/h1-6H. The molecule has 3 aromatic rings. The summed E-state index contributed by atoms with van der Waals surface area (Å²) in [6, 6.07) is 2.32. The third-order valence-electron chi connectivity index (χ3n) is 3.74. The predicted octanol–water partition coefficient (Wildman–Crippen LogP) is 4.79. The maximum absolute atomic E-state index is 14.2. The van der Waals surface area contributed by atoms with Crippen molar-refractivity contribution < 1.29 is 48.8 Å². The molecule has 0 radical (unpaired) electrons. The van der Waals surface area contributed by atoms with Crippen LogP contribution < -0.4 is 14.8 Å². The van der Waals surface area contributed by atoms with Gasteiger partial charge in [0.25, 0.3) is 0 Å². The van der Waals surface area contributed by atoms with E-state index in [1.54, 1.807) is 0 Å². The Morgan fingerprint density at radius 2 is 0.967 bits per heavy atom. The lowest BCUT2D eigenvalue weighted by Crippen LogP contribution is -2.45. The Labute approximate surface area is 162 Å². The van der Waals surface area contributed by atoms with E-state index >= 15 is 0 Å². The molecule has 0 bridgehead atoms. The van der Waals surface area contributed by atoms with E-state index in [4.69, 9.17) is 9.31 Å². The van der Waals surface area contributed by atoms with Gasteiger partial charge in [0.05, 0.1) is 5.46 Å². The van der Waals surface area contributed by atoms with E-state index in [1.165, 1.54) is 0 Å². The molecule has 0 aliphatic heterocycles. The minimum absolute atomic E-state index is 0.131. The van der Waals surface area contributed by atoms with Gasteiger partial charge in [-0.05, 0) is 30.3 Å². The predicted molar refractivity (Wildman–Crippen MR) is 85.6 cm³/mol. The van der Waals surface area contributed by atoms with Crippen molar-refractivity contribution in [1.29, 1.82) is 0 Å². The second-order valence-corrected chi connectivity index (χ2v) is 5.71. The molecule has 156 valence electrons. The SMILES string of the molecule is Fc1cc(F)c(F)c(B(Oc2ccc(F)c(F)c2F)Oc2ccc(F)c(F)c2F)c1. The molecule has 0 aliphatic carbocycles. The Balaban J connectivity index is 2.11. The first-order valence-electron chi connectivity index (χ1n) is 7.85. The van der Waals surface area contributed by atoms with Gasteiger partial charge in [-0.25, -0.2) is 30.7 Å². The smallest absolute Gasteiger partial charge is 0.520 e. The van der Waals surface area contributed by atoms with Crippen molar-refractivity contribution in [2.75, 3.05) is 0 Å². The van der Waals surface area contributed by atoms with Gasteiger partial charge in [0.15, 0.2) is 34.9 Å². The molecule has 3 rings (SSSR count). The summed E-state index contributed by atoms with van der Waals surface area (Å²) in [6.45, 7) is 0. The maximum atomic E-state index is 14.2. The van der Waals surface area contributed by atoms with Crippen molar-refractivity contribution in [3.63, 3.8) is 0 Å². The summed E-state index contributed by atoms with van der Waals surface area (Å²) in [5, 5.41) is 0. The highest BCUT2D eigenvalue weighted by atomic mass is 19.2. The minimum Gasteiger partial charge on any atom is -0.520 e. The largest absolute Gasteiger partial charge is 0.636 e. The summed E-state index contributed by atoms with van der Waals surface area (Å²) in [5.41, 5.74) is -1.11. The molecule has 0 saturated heterocycles. The van der Waals surface area contributed by atoms with Crippen molar-refractivity contribution >= 4 is 12.6 Å². The van der Waals surface area contributed by atoms with E-state index in [2.05, 4.69) is 0 Å². The molecule has 0 N–H and O–H groups in total. The second-order valence-electron chi connectivity index (χ2n) is 5.71. The van der Waals surface area contributed by atoms with Gasteiger partial charge in [0, 0.05) is 6.07 Å². The highest BCUT2D eigenvalue weighted by molar-refractivity contribution is 6.62. The highest BCUT2D eigenvalue weighted by Gasteiger charge is 2.35. The molecule has 0 aromatic heterocycles. The molecule has 0 saturated carbocycles. The van der Waals surface area contributed by atoms with Crippen LogP contribution in [-0.2, 0) is 0 Å². The Morgan fingerprint density at radius 3 is 1.43 bits per heavy atom. The van der Waals surface area contributed by atoms with Crippen LogP contribution in [0.4, 0.5) is 39.5 Å². The maximum Gasteiger partial charge on any atom is 0.636 e. The lowest BCUT2D eigenvalue weighted by Gasteiger charge is -2.19. The topological polar surface area (TPSA) is 18.5 Å². The molecule has 0 amide bonds. The van der Waals surface area contributed by atoms with E-state index in [1.807, 2.05) is 0 Å². The van der Waals surface area contributed by atoms with Crippen LogP contribution in [0.2, 0.25) is 0 Å². The fourth-order valence-electron chi connectivity index (χ4n) is 2.33. The average molecular weight is 436 g/mol. The van der Waals surface area contributed by atoms with Gasteiger partial charge in [-0.2, -0.15) is 8.78 Å². The summed E-state index contributed by atoms with van der Waals surface area (Å²) in [7, 11) is -2.44. The third-order valence-corrected chi connectivity index (χ3v) is 3.74. The van der Waals surface area contributed by atoms with E-state index < -0.39 is 76.4 Å². The molecular formula is C18H6BF9O2. The van der Waals surface area contributed by atoms with E-state index in [-0.39, 0.29) is 6.07 Å². The van der Waals surface area contributed by atoms with Gasteiger partial charge < -0.3 is 9.31 Å². The lowest BCUT2D eigenvalue weighted by molar-refractivity contribution is 0.370.